The Kier molecular flexibility index (Phi) is 11.3. The van der Waals surface area contributed by atoms with E-state index >= 15 is 0 Å². The summed E-state index contributed by atoms with van der Waals surface area (Å²) in [5, 5.41) is 14.2. The molecular weight excluding hydrogens is 559 g/mol. The summed E-state index contributed by atoms with van der Waals surface area (Å²) in [5.41, 5.74) is 1.21. The Bertz CT molecular complexity index is 981. The number of likely N-dealkylation sites (tertiary alicyclic amines) is 2. The van der Waals surface area contributed by atoms with Crippen LogP contribution in [0.2, 0.25) is 0 Å². The summed E-state index contributed by atoms with van der Waals surface area (Å²) in [6, 6.07) is 3.95. The SMILES string of the molecule is CN1C[C@H](COCc2cccnc2)[C@]2(CCN(C(=O)C3CC(F)C3)C2)C1.O=C(O)C(F)(F)F.O=C(O)C(F)(F)F. The number of carbonyl (C=O) groups is 3. The van der Waals surface area contributed by atoms with Gasteiger partial charge in [-0.1, -0.05) is 6.07 Å². The highest BCUT2D eigenvalue weighted by Gasteiger charge is 2.51. The number of nitrogens with zero attached hydrogens (tertiary/aromatic N) is 3. The molecule has 0 aromatic carbocycles. The van der Waals surface area contributed by atoms with Crippen LogP contribution >= 0.6 is 0 Å². The second-order valence-corrected chi connectivity index (χ2v) is 10.0. The first-order valence-corrected chi connectivity index (χ1v) is 12.1. The minimum atomic E-state index is -5.08. The van der Waals surface area contributed by atoms with Crippen molar-refractivity contribution >= 4 is 17.8 Å². The molecule has 226 valence electrons. The monoisotopic (exact) mass is 589 g/mol. The number of aromatic nitrogens is 1. The fourth-order valence-electron chi connectivity index (χ4n) is 4.89. The number of hydrogen-bond acceptors (Lipinski definition) is 6. The zero-order valence-corrected chi connectivity index (χ0v) is 21.4. The Balaban J connectivity index is 0.000000333. The molecule has 0 unspecified atom stereocenters. The van der Waals surface area contributed by atoms with Gasteiger partial charge in [0.15, 0.2) is 0 Å². The number of ether oxygens (including phenoxy) is 1. The fourth-order valence-corrected chi connectivity index (χ4v) is 4.89. The van der Waals surface area contributed by atoms with Gasteiger partial charge in [0, 0.05) is 55.8 Å². The lowest BCUT2D eigenvalue weighted by Gasteiger charge is -2.34. The molecule has 2 atom stereocenters. The zero-order valence-electron chi connectivity index (χ0n) is 21.4. The van der Waals surface area contributed by atoms with Crippen LogP contribution in [-0.4, -0.2) is 101 Å². The number of alkyl halides is 7. The zero-order chi connectivity index (χ0) is 30.3. The highest BCUT2D eigenvalue weighted by Crippen LogP contribution is 2.45. The predicted molar refractivity (Wildman–Crippen MR) is 124 cm³/mol. The van der Waals surface area contributed by atoms with E-state index in [4.69, 9.17) is 24.5 Å². The maximum absolute atomic E-state index is 13.1. The van der Waals surface area contributed by atoms with E-state index in [1.54, 1.807) is 6.20 Å². The number of rotatable bonds is 5. The van der Waals surface area contributed by atoms with Gasteiger partial charge in [0.2, 0.25) is 5.91 Å². The van der Waals surface area contributed by atoms with Crippen LogP contribution in [0.3, 0.4) is 0 Å². The van der Waals surface area contributed by atoms with E-state index in [1.807, 2.05) is 23.2 Å². The molecule has 16 heteroatoms. The third kappa shape index (κ3) is 9.57. The van der Waals surface area contributed by atoms with Crippen molar-refractivity contribution in [3.8, 4) is 0 Å². The molecule has 3 fully saturated rings. The molecule has 2 N–H and O–H groups in total. The summed E-state index contributed by atoms with van der Waals surface area (Å²) in [6.45, 7) is 4.90. The van der Waals surface area contributed by atoms with Crippen LogP contribution in [-0.2, 0) is 25.7 Å². The molecule has 1 amide bonds. The quantitative estimate of drug-likeness (QED) is 0.502. The number of carboxylic acids is 2. The van der Waals surface area contributed by atoms with Crippen molar-refractivity contribution < 1.29 is 60.1 Å². The maximum Gasteiger partial charge on any atom is 0.490 e. The van der Waals surface area contributed by atoms with Gasteiger partial charge in [-0.15, -0.1) is 0 Å². The summed E-state index contributed by atoms with van der Waals surface area (Å²) in [6.07, 6.45) is -5.48. The second-order valence-electron chi connectivity index (χ2n) is 10.0. The van der Waals surface area contributed by atoms with Crippen LogP contribution < -0.4 is 0 Å². The van der Waals surface area contributed by atoms with Crippen molar-refractivity contribution in [2.75, 3.05) is 39.8 Å². The van der Waals surface area contributed by atoms with E-state index in [0.29, 0.717) is 32.0 Å². The molecule has 0 radical (unpaired) electrons. The second kappa shape index (κ2) is 13.6. The third-order valence-electron chi connectivity index (χ3n) is 6.91. The number of halogens is 7. The average molecular weight is 590 g/mol. The molecule has 1 aromatic heterocycles. The van der Waals surface area contributed by atoms with Gasteiger partial charge in [-0.25, -0.2) is 14.0 Å². The lowest BCUT2D eigenvalue weighted by molar-refractivity contribution is -0.193. The Morgan fingerprint density at radius 2 is 1.65 bits per heavy atom. The molecule has 1 spiro atoms. The normalized spacial score (nSPS) is 26.3. The van der Waals surface area contributed by atoms with Gasteiger partial charge < -0.3 is 24.7 Å². The standard InChI is InChI=1S/C20H28FN3O2.2C2HF3O2/c1-23-10-17(12-26-11-15-3-2-5-22-9-15)20(13-23)4-6-24(14-20)19(25)16-7-18(21)8-16;2*3-2(4,5)1(6)7/h2-3,5,9,16-18H,4,6-8,10-14H2,1H3;2*(H,6,7)/t16?,17-,18?,20-;;/m1../s1. The van der Waals surface area contributed by atoms with E-state index < -0.39 is 30.5 Å². The summed E-state index contributed by atoms with van der Waals surface area (Å²) in [7, 11) is 2.15. The molecule has 1 saturated carbocycles. The van der Waals surface area contributed by atoms with E-state index in [-0.39, 0.29) is 17.2 Å². The molecule has 40 heavy (non-hydrogen) atoms. The minimum Gasteiger partial charge on any atom is -0.475 e. The third-order valence-corrected chi connectivity index (χ3v) is 6.91. The lowest BCUT2D eigenvalue weighted by Crippen LogP contribution is -2.44. The topological polar surface area (TPSA) is 120 Å². The molecule has 4 rings (SSSR count). The highest BCUT2D eigenvalue weighted by atomic mass is 19.4. The van der Waals surface area contributed by atoms with Gasteiger partial charge in [0.25, 0.3) is 0 Å². The predicted octanol–water partition coefficient (Wildman–Crippen LogP) is 3.39. The molecule has 0 bridgehead atoms. The minimum absolute atomic E-state index is 0.0837. The van der Waals surface area contributed by atoms with Crippen molar-refractivity contribution in [2.45, 2.75) is 44.4 Å². The van der Waals surface area contributed by atoms with Crippen LogP contribution in [0.1, 0.15) is 24.8 Å². The molecule has 3 heterocycles. The molecule has 2 saturated heterocycles. The average Bonchev–Trinajstić information content (AvgIpc) is 3.39. The van der Waals surface area contributed by atoms with Crippen LogP contribution in [0.4, 0.5) is 30.7 Å². The number of carboxylic acid groups (broad SMARTS) is 2. The highest BCUT2D eigenvalue weighted by molar-refractivity contribution is 5.80. The largest absolute Gasteiger partial charge is 0.490 e. The maximum atomic E-state index is 13.1. The molecular formula is C24H30F7N3O6. The van der Waals surface area contributed by atoms with E-state index in [0.717, 1.165) is 38.2 Å². The van der Waals surface area contributed by atoms with E-state index in [1.165, 1.54) is 0 Å². The van der Waals surface area contributed by atoms with Crippen molar-refractivity contribution in [2.24, 2.45) is 17.3 Å². The number of amides is 1. The van der Waals surface area contributed by atoms with E-state index in [9.17, 15) is 35.5 Å². The number of hydrogen-bond donors (Lipinski definition) is 2. The Morgan fingerprint density at radius 3 is 2.12 bits per heavy atom. The van der Waals surface area contributed by atoms with Gasteiger partial charge in [0.1, 0.15) is 6.17 Å². The van der Waals surface area contributed by atoms with Crippen LogP contribution in [0, 0.1) is 17.3 Å². The Morgan fingerprint density at radius 1 is 1.07 bits per heavy atom. The van der Waals surface area contributed by atoms with Crippen LogP contribution in [0.5, 0.6) is 0 Å². The van der Waals surface area contributed by atoms with Crippen LogP contribution in [0.25, 0.3) is 0 Å². The Hall–Kier alpha value is -3.01. The van der Waals surface area contributed by atoms with Gasteiger partial charge in [-0.05, 0) is 37.9 Å². The number of pyridine rings is 1. The van der Waals surface area contributed by atoms with Gasteiger partial charge >= 0.3 is 24.3 Å². The lowest BCUT2D eigenvalue weighted by atomic mass is 9.77. The van der Waals surface area contributed by atoms with Gasteiger partial charge in [0.05, 0.1) is 13.2 Å². The first-order valence-electron chi connectivity index (χ1n) is 12.1. The number of carbonyl (C=O) groups excluding carboxylic acids is 1. The first kappa shape index (κ1) is 33.2. The Labute approximate surface area is 224 Å². The summed E-state index contributed by atoms with van der Waals surface area (Å²) >= 11 is 0. The molecule has 1 aliphatic carbocycles. The fraction of sp³-hybridized carbons (Fsp3) is 0.667. The summed E-state index contributed by atoms with van der Waals surface area (Å²) < 4.78 is 82.6. The number of aliphatic carboxylic acids is 2. The molecule has 9 nitrogen and oxygen atoms in total. The molecule has 1 aromatic rings. The van der Waals surface area contributed by atoms with Crippen molar-refractivity contribution in [1.82, 2.24) is 14.8 Å². The molecule has 3 aliphatic rings. The van der Waals surface area contributed by atoms with Crippen molar-refractivity contribution in [1.29, 1.82) is 0 Å². The van der Waals surface area contributed by atoms with Crippen molar-refractivity contribution in [3.05, 3.63) is 30.1 Å². The molecule has 2 aliphatic heterocycles. The summed E-state index contributed by atoms with van der Waals surface area (Å²) in [4.78, 5) is 38.9. The smallest absolute Gasteiger partial charge is 0.475 e. The van der Waals surface area contributed by atoms with E-state index in [2.05, 4.69) is 16.9 Å². The van der Waals surface area contributed by atoms with Gasteiger partial charge in [-0.3, -0.25) is 9.78 Å². The van der Waals surface area contributed by atoms with Gasteiger partial charge in [-0.2, -0.15) is 26.3 Å². The van der Waals surface area contributed by atoms with Crippen LogP contribution in [0.15, 0.2) is 24.5 Å². The van der Waals surface area contributed by atoms with Crippen molar-refractivity contribution in [3.63, 3.8) is 0 Å². The first-order chi connectivity index (χ1) is 18.4. The summed E-state index contributed by atoms with van der Waals surface area (Å²) in [5.74, 6) is -5.00.